The second-order valence-corrected chi connectivity index (χ2v) is 8.59. The number of hydrogen-bond donors (Lipinski definition) is 3. The Morgan fingerprint density at radius 2 is 1.79 bits per heavy atom. The van der Waals surface area contributed by atoms with E-state index < -0.39 is 11.8 Å². The number of nitrogens with zero attached hydrogens (tertiary/aromatic N) is 1. The summed E-state index contributed by atoms with van der Waals surface area (Å²) in [7, 11) is 0. The summed E-state index contributed by atoms with van der Waals surface area (Å²) < 4.78 is 0. The van der Waals surface area contributed by atoms with Crippen LogP contribution in [-0.4, -0.2) is 47.9 Å². The van der Waals surface area contributed by atoms with Crippen molar-refractivity contribution in [1.82, 2.24) is 15.5 Å². The Bertz CT molecular complexity index is 737. The van der Waals surface area contributed by atoms with Crippen molar-refractivity contribution in [2.75, 3.05) is 25.0 Å². The third kappa shape index (κ3) is 6.41. The number of carbonyl (C=O) groups is 3. The zero-order valence-corrected chi connectivity index (χ0v) is 17.7. The van der Waals surface area contributed by atoms with Gasteiger partial charge in [0, 0.05) is 35.9 Å². The summed E-state index contributed by atoms with van der Waals surface area (Å²) >= 11 is 6.02. The Morgan fingerprint density at radius 1 is 1.14 bits per heavy atom. The molecule has 0 atom stereocenters. The zero-order valence-electron chi connectivity index (χ0n) is 16.9. The molecule has 1 aromatic carbocycles. The van der Waals surface area contributed by atoms with Gasteiger partial charge in [-0.05, 0) is 64.2 Å². The SMILES string of the molecule is Cc1c(Cl)cccc1NC(=O)C(=O)NCC1CCN(C(=O)NC(C)(C)C)CC1. The fraction of sp³-hybridized carbons (Fsp3) is 0.550. The number of hydrogen-bond acceptors (Lipinski definition) is 3. The van der Waals surface area contributed by atoms with Crippen molar-refractivity contribution in [1.29, 1.82) is 0 Å². The smallest absolute Gasteiger partial charge is 0.317 e. The molecule has 1 heterocycles. The minimum Gasteiger partial charge on any atom is -0.348 e. The zero-order chi connectivity index (χ0) is 20.9. The maximum Gasteiger partial charge on any atom is 0.317 e. The Hall–Kier alpha value is -2.28. The highest BCUT2D eigenvalue weighted by molar-refractivity contribution is 6.40. The summed E-state index contributed by atoms with van der Waals surface area (Å²) in [6.45, 7) is 9.30. The normalized spacial score (nSPS) is 15.1. The highest BCUT2D eigenvalue weighted by Crippen LogP contribution is 2.23. The van der Waals surface area contributed by atoms with Gasteiger partial charge in [0.05, 0.1) is 0 Å². The van der Waals surface area contributed by atoms with E-state index in [0.717, 1.165) is 12.8 Å². The lowest BCUT2D eigenvalue weighted by molar-refractivity contribution is -0.136. The van der Waals surface area contributed by atoms with Crippen molar-refractivity contribution in [2.24, 2.45) is 5.92 Å². The number of halogens is 1. The van der Waals surface area contributed by atoms with Crippen LogP contribution in [0.4, 0.5) is 10.5 Å². The maximum absolute atomic E-state index is 12.2. The lowest BCUT2D eigenvalue weighted by Gasteiger charge is -2.34. The molecule has 4 amide bonds. The van der Waals surface area contributed by atoms with Gasteiger partial charge >= 0.3 is 17.8 Å². The van der Waals surface area contributed by atoms with E-state index in [1.54, 1.807) is 30.0 Å². The standard InChI is InChI=1S/C20H29ClN4O3/c1-13-15(21)6-5-7-16(13)23-18(27)17(26)22-12-14-8-10-25(11-9-14)19(28)24-20(2,3)4/h5-7,14H,8-12H2,1-4H3,(H,22,26)(H,23,27)(H,24,28). The van der Waals surface area contributed by atoms with Crippen molar-refractivity contribution in [3.63, 3.8) is 0 Å². The van der Waals surface area contributed by atoms with Gasteiger partial charge in [-0.1, -0.05) is 17.7 Å². The number of likely N-dealkylation sites (tertiary alicyclic amines) is 1. The summed E-state index contributed by atoms with van der Waals surface area (Å²) in [4.78, 5) is 38.2. The van der Waals surface area contributed by atoms with E-state index in [9.17, 15) is 14.4 Å². The quantitative estimate of drug-likeness (QED) is 0.671. The molecule has 0 bridgehead atoms. The van der Waals surface area contributed by atoms with Crippen LogP contribution < -0.4 is 16.0 Å². The first kappa shape index (κ1) is 22.0. The summed E-state index contributed by atoms with van der Waals surface area (Å²) in [5.41, 5.74) is 0.966. The predicted molar refractivity (Wildman–Crippen MR) is 110 cm³/mol. The van der Waals surface area contributed by atoms with E-state index in [4.69, 9.17) is 11.6 Å². The highest BCUT2D eigenvalue weighted by Gasteiger charge is 2.26. The van der Waals surface area contributed by atoms with E-state index in [1.165, 1.54) is 0 Å². The molecule has 0 aliphatic carbocycles. The minimum absolute atomic E-state index is 0.0637. The molecule has 0 spiro atoms. The fourth-order valence-electron chi connectivity index (χ4n) is 2.98. The third-order valence-electron chi connectivity index (χ3n) is 4.66. The molecule has 1 aliphatic rings. The van der Waals surface area contributed by atoms with Gasteiger partial charge in [-0.15, -0.1) is 0 Å². The first-order valence-corrected chi connectivity index (χ1v) is 9.86. The lowest BCUT2D eigenvalue weighted by atomic mass is 9.97. The van der Waals surface area contributed by atoms with Crippen LogP contribution in [0.2, 0.25) is 5.02 Å². The molecular weight excluding hydrogens is 380 g/mol. The second kappa shape index (κ2) is 9.28. The molecule has 0 unspecified atom stereocenters. The summed E-state index contributed by atoms with van der Waals surface area (Å²) in [6.07, 6.45) is 1.57. The largest absolute Gasteiger partial charge is 0.348 e. The maximum atomic E-state index is 12.2. The van der Waals surface area contributed by atoms with E-state index in [0.29, 0.717) is 35.9 Å². The molecule has 2 rings (SSSR count). The van der Waals surface area contributed by atoms with Crippen molar-refractivity contribution in [3.8, 4) is 0 Å². The molecule has 1 aliphatic heterocycles. The summed E-state index contributed by atoms with van der Waals surface area (Å²) in [5, 5.41) is 8.75. The van der Waals surface area contributed by atoms with E-state index in [2.05, 4.69) is 16.0 Å². The molecule has 0 aromatic heterocycles. The van der Waals surface area contributed by atoms with Crippen molar-refractivity contribution >= 4 is 35.1 Å². The minimum atomic E-state index is -0.715. The second-order valence-electron chi connectivity index (χ2n) is 8.19. The number of piperidine rings is 1. The van der Waals surface area contributed by atoms with Crippen LogP contribution in [-0.2, 0) is 9.59 Å². The first-order chi connectivity index (χ1) is 13.1. The Morgan fingerprint density at radius 3 is 2.39 bits per heavy atom. The predicted octanol–water partition coefficient (Wildman–Crippen LogP) is 2.92. The molecule has 154 valence electrons. The average molecular weight is 409 g/mol. The van der Waals surface area contributed by atoms with Gasteiger partial charge in [-0.25, -0.2) is 4.79 Å². The number of carbonyl (C=O) groups excluding carboxylic acids is 3. The van der Waals surface area contributed by atoms with E-state index >= 15 is 0 Å². The first-order valence-electron chi connectivity index (χ1n) is 9.48. The van der Waals surface area contributed by atoms with Crippen LogP contribution in [0.15, 0.2) is 18.2 Å². The Labute approximate surface area is 171 Å². The van der Waals surface area contributed by atoms with E-state index in [-0.39, 0.29) is 17.5 Å². The molecule has 1 saturated heterocycles. The topological polar surface area (TPSA) is 90.5 Å². The molecule has 0 radical (unpaired) electrons. The molecule has 0 saturated carbocycles. The van der Waals surface area contributed by atoms with Crippen LogP contribution in [0, 0.1) is 12.8 Å². The van der Waals surface area contributed by atoms with Crippen LogP contribution in [0.3, 0.4) is 0 Å². The number of nitrogens with one attached hydrogen (secondary N) is 3. The monoisotopic (exact) mass is 408 g/mol. The van der Waals surface area contributed by atoms with Gasteiger partial charge in [0.15, 0.2) is 0 Å². The van der Waals surface area contributed by atoms with Gasteiger partial charge in [0.2, 0.25) is 0 Å². The third-order valence-corrected chi connectivity index (χ3v) is 5.07. The van der Waals surface area contributed by atoms with Gasteiger partial charge in [0.25, 0.3) is 0 Å². The molecule has 3 N–H and O–H groups in total. The number of rotatable bonds is 3. The van der Waals surface area contributed by atoms with Crippen molar-refractivity contribution < 1.29 is 14.4 Å². The van der Waals surface area contributed by atoms with E-state index in [1.807, 2.05) is 20.8 Å². The fourth-order valence-corrected chi connectivity index (χ4v) is 3.15. The van der Waals surface area contributed by atoms with Crippen LogP contribution in [0.25, 0.3) is 0 Å². The molecular formula is C20H29ClN4O3. The number of amides is 4. The van der Waals surface area contributed by atoms with Gasteiger partial charge in [-0.2, -0.15) is 0 Å². The molecule has 7 nitrogen and oxygen atoms in total. The molecule has 1 fully saturated rings. The number of anilines is 1. The molecule has 8 heteroatoms. The Balaban J connectivity index is 1.75. The van der Waals surface area contributed by atoms with Crippen LogP contribution in [0.1, 0.15) is 39.2 Å². The summed E-state index contributed by atoms with van der Waals surface area (Å²) in [5.74, 6) is -1.15. The van der Waals surface area contributed by atoms with Crippen LogP contribution in [0.5, 0.6) is 0 Å². The average Bonchev–Trinajstić information content (AvgIpc) is 2.62. The Kier molecular flexibility index (Phi) is 7.29. The summed E-state index contributed by atoms with van der Waals surface area (Å²) in [6, 6.07) is 5.07. The van der Waals surface area contributed by atoms with Gasteiger partial charge in [0.1, 0.15) is 0 Å². The number of urea groups is 1. The molecule has 1 aromatic rings. The van der Waals surface area contributed by atoms with Gasteiger partial charge in [-0.3, -0.25) is 9.59 Å². The van der Waals surface area contributed by atoms with Crippen molar-refractivity contribution in [3.05, 3.63) is 28.8 Å². The van der Waals surface area contributed by atoms with Gasteiger partial charge < -0.3 is 20.9 Å². The van der Waals surface area contributed by atoms with Crippen LogP contribution >= 0.6 is 11.6 Å². The highest BCUT2D eigenvalue weighted by atomic mass is 35.5. The lowest BCUT2D eigenvalue weighted by Crippen LogP contribution is -2.51. The number of benzene rings is 1. The van der Waals surface area contributed by atoms with Crippen molar-refractivity contribution in [2.45, 2.75) is 46.1 Å². The molecule has 28 heavy (non-hydrogen) atoms.